The minimum Gasteiger partial charge on any atom is -0.398 e. The van der Waals surface area contributed by atoms with Gasteiger partial charge in [-0.25, -0.2) is 0 Å². The van der Waals surface area contributed by atoms with E-state index in [1.54, 1.807) is 12.1 Å². The molecule has 1 aromatic carbocycles. The topological polar surface area (TPSA) is 55.1 Å². The summed E-state index contributed by atoms with van der Waals surface area (Å²) >= 11 is 7.31. The van der Waals surface area contributed by atoms with Crippen molar-refractivity contribution in [1.29, 1.82) is 0 Å². The number of thioether (sulfide) groups is 1. The van der Waals surface area contributed by atoms with E-state index in [2.05, 4.69) is 19.2 Å². The van der Waals surface area contributed by atoms with E-state index in [1.807, 2.05) is 13.0 Å². The molecule has 19 heavy (non-hydrogen) atoms. The van der Waals surface area contributed by atoms with Crippen LogP contribution in [0.3, 0.4) is 0 Å². The Balaban J connectivity index is 2.63. The number of amides is 1. The van der Waals surface area contributed by atoms with Crippen molar-refractivity contribution in [2.75, 3.05) is 5.73 Å². The molecule has 3 nitrogen and oxygen atoms in total. The van der Waals surface area contributed by atoms with Crippen molar-refractivity contribution in [3.05, 3.63) is 23.2 Å². The van der Waals surface area contributed by atoms with Gasteiger partial charge in [-0.15, -0.1) is 11.8 Å². The Hall–Kier alpha value is -0.870. The van der Waals surface area contributed by atoms with Crippen LogP contribution in [0, 0.1) is 0 Å². The van der Waals surface area contributed by atoms with Crippen LogP contribution in [0.1, 0.15) is 33.6 Å². The predicted octanol–water partition coefficient (Wildman–Crippen LogP) is 3.71. The summed E-state index contributed by atoms with van der Waals surface area (Å²) in [4.78, 5) is 12.9. The Labute approximate surface area is 124 Å². The molecule has 0 fully saturated rings. The number of anilines is 1. The number of rotatable bonds is 6. The highest BCUT2D eigenvalue weighted by atomic mass is 35.5. The van der Waals surface area contributed by atoms with Gasteiger partial charge in [0, 0.05) is 21.6 Å². The molecule has 1 aromatic rings. The van der Waals surface area contributed by atoms with E-state index >= 15 is 0 Å². The van der Waals surface area contributed by atoms with Gasteiger partial charge in [-0.2, -0.15) is 0 Å². The van der Waals surface area contributed by atoms with Crippen LogP contribution >= 0.6 is 23.4 Å². The van der Waals surface area contributed by atoms with E-state index in [1.165, 1.54) is 11.8 Å². The van der Waals surface area contributed by atoms with E-state index in [9.17, 15) is 4.79 Å². The lowest BCUT2D eigenvalue weighted by atomic mass is 10.2. The quantitative estimate of drug-likeness (QED) is 0.622. The minimum atomic E-state index is -0.177. The Morgan fingerprint density at radius 2 is 2.05 bits per heavy atom. The van der Waals surface area contributed by atoms with Crippen LogP contribution in [0.25, 0.3) is 0 Å². The molecule has 1 amide bonds. The predicted molar refractivity (Wildman–Crippen MR) is 83.7 cm³/mol. The van der Waals surface area contributed by atoms with Crippen molar-refractivity contribution in [3.8, 4) is 0 Å². The maximum Gasteiger partial charge on any atom is 0.233 e. The van der Waals surface area contributed by atoms with E-state index in [-0.39, 0.29) is 17.2 Å². The molecule has 0 aliphatic heterocycles. The van der Waals surface area contributed by atoms with Crippen LogP contribution in [0.5, 0.6) is 0 Å². The van der Waals surface area contributed by atoms with Crippen LogP contribution in [-0.2, 0) is 4.79 Å². The maximum absolute atomic E-state index is 12.1. The third kappa shape index (κ3) is 4.96. The second-order valence-electron chi connectivity index (χ2n) is 4.46. The van der Waals surface area contributed by atoms with Crippen LogP contribution in [0.4, 0.5) is 5.69 Å². The molecule has 5 heteroatoms. The van der Waals surface area contributed by atoms with Crippen LogP contribution in [0.15, 0.2) is 23.1 Å². The normalized spacial score (nSPS) is 12.5. The summed E-state index contributed by atoms with van der Waals surface area (Å²) in [7, 11) is 0. The summed E-state index contributed by atoms with van der Waals surface area (Å²) in [5.41, 5.74) is 6.50. The minimum absolute atomic E-state index is 0.0491. The molecule has 106 valence electrons. The number of carbonyl (C=O) groups excluding carboxylic acids is 1. The molecule has 1 rings (SSSR count). The Bertz CT molecular complexity index is 435. The fourth-order valence-corrected chi connectivity index (χ4v) is 2.76. The van der Waals surface area contributed by atoms with Gasteiger partial charge in [0.05, 0.1) is 5.25 Å². The lowest BCUT2D eigenvalue weighted by molar-refractivity contribution is -0.121. The summed E-state index contributed by atoms with van der Waals surface area (Å²) in [5.74, 6) is 0.0491. The van der Waals surface area contributed by atoms with Gasteiger partial charge in [0.1, 0.15) is 0 Å². The number of carbonyl (C=O) groups is 1. The molecule has 0 aliphatic rings. The van der Waals surface area contributed by atoms with Crippen molar-refractivity contribution in [3.63, 3.8) is 0 Å². The number of benzene rings is 1. The average Bonchev–Trinajstić information content (AvgIpc) is 2.38. The van der Waals surface area contributed by atoms with Crippen molar-refractivity contribution in [2.45, 2.75) is 49.8 Å². The first-order valence-corrected chi connectivity index (χ1v) is 7.75. The van der Waals surface area contributed by atoms with E-state index in [0.717, 1.165) is 17.7 Å². The molecule has 0 aromatic heterocycles. The lowest BCUT2D eigenvalue weighted by Crippen LogP contribution is -2.38. The van der Waals surface area contributed by atoms with Gasteiger partial charge in [0.25, 0.3) is 0 Å². The molecule has 0 spiro atoms. The van der Waals surface area contributed by atoms with Gasteiger partial charge >= 0.3 is 0 Å². The smallest absolute Gasteiger partial charge is 0.233 e. The number of nitrogens with one attached hydrogen (secondary N) is 1. The van der Waals surface area contributed by atoms with Crippen LogP contribution in [-0.4, -0.2) is 17.2 Å². The standard InChI is InChI=1S/C14H21ClN2OS/c1-4-11(5-2)17-14(18)9(3)19-13-7-6-10(15)8-12(13)16/h6-9,11H,4-5,16H2,1-3H3,(H,17,18). The lowest BCUT2D eigenvalue weighted by Gasteiger charge is -2.18. The molecule has 0 radical (unpaired) electrons. The molecule has 3 N–H and O–H groups in total. The molecule has 1 unspecified atom stereocenters. The third-order valence-corrected chi connectivity index (χ3v) is 4.41. The number of hydrogen-bond donors (Lipinski definition) is 2. The molecule has 0 saturated carbocycles. The second kappa shape index (κ2) is 7.65. The van der Waals surface area contributed by atoms with Crippen LogP contribution < -0.4 is 11.1 Å². The van der Waals surface area contributed by atoms with E-state index in [0.29, 0.717) is 10.7 Å². The number of halogens is 1. The summed E-state index contributed by atoms with van der Waals surface area (Å²) < 4.78 is 0. The summed E-state index contributed by atoms with van der Waals surface area (Å²) in [6.07, 6.45) is 1.89. The van der Waals surface area contributed by atoms with Gasteiger partial charge in [0.15, 0.2) is 0 Å². The van der Waals surface area contributed by atoms with Crippen molar-refractivity contribution < 1.29 is 4.79 Å². The summed E-state index contributed by atoms with van der Waals surface area (Å²) in [5, 5.41) is 3.47. The zero-order valence-corrected chi connectivity index (χ0v) is 13.1. The Morgan fingerprint density at radius 1 is 1.42 bits per heavy atom. The van der Waals surface area contributed by atoms with Crippen molar-refractivity contribution in [2.24, 2.45) is 0 Å². The number of nitrogen functional groups attached to an aromatic ring is 1. The fourth-order valence-electron chi connectivity index (χ4n) is 1.68. The molecule has 0 bridgehead atoms. The monoisotopic (exact) mass is 300 g/mol. The Morgan fingerprint density at radius 3 is 2.58 bits per heavy atom. The Kier molecular flexibility index (Phi) is 6.52. The third-order valence-electron chi connectivity index (χ3n) is 2.98. The maximum atomic E-state index is 12.1. The number of hydrogen-bond acceptors (Lipinski definition) is 3. The van der Waals surface area contributed by atoms with Crippen LogP contribution in [0.2, 0.25) is 5.02 Å². The van der Waals surface area contributed by atoms with Gasteiger partial charge in [0.2, 0.25) is 5.91 Å². The van der Waals surface area contributed by atoms with E-state index in [4.69, 9.17) is 17.3 Å². The summed E-state index contributed by atoms with van der Waals surface area (Å²) in [6.45, 7) is 6.03. The molecule has 0 heterocycles. The average molecular weight is 301 g/mol. The highest BCUT2D eigenvalue weighted by Crippen LogP contribution is 2.30. The van der Waals surface area contributed by atoms with Gasteiger partial charge in [-0.3, -0.25) is 4.79 Å². The van der Waals surface area contributed by atoms with Gasteiger partial charge in [-0.1, -0.05) is 25.4 Å². The molecular formula is C14H21ClN2OS. The molecule has 1 atom stereocenters. The molecular weight excluding hydrogens is 280 g/mol. The first kappa shape index (κ1) is 16.2. The summed E-state index contributed by atoms with van der Waals surface area (Å²) in [6, 6.07) is 5.59. The first-order chi connectivity index (χ1) is 8.97. The van der Waals surface area contributed by atoms with Gasteiger partial charge in [-0.05, 0) is 38.0 Å². The van der Waals surface area contributed by atoms with Crippen molar-refractivity contribution in [1.82, 2.24) is 5.32 Å². The highest BCUT2D eigenvalue weighted by molar-refractivity contribution is 8.00. The molecule has 0 saturated heterocycles. The SMILES string of the molecule is CCC(CC)NC(=O)C(C)Sc1ccc(Cl)cc1N. The highest BCUT2D eigenvalue weighted by Gasteiger charge is 2.17. The largest absolute Gasteiger partial charge is 0.398 e. The second-order valence-corrected chi connectivity index (χ2v) is 6.28. The van der Waals surface area contributed by atoms with Crippen molar-refractivity contribution >= 4 is 35.0 Å². The first-order valence-electron chi connectivity index (χ1n) is 6.50. The fraction of sp³-hybridized carbons (Fsp3) is 0.500. The zero-order chi connectivity index (χ0) is 14.4. The zero-order valence-electron chi connectivity index (χ0n) is 11.6. The number of nitrogens with two attached hydrogens (primary N) is 1. The molecule has 0 aliphatic carbocycles. The van der Waals surface area contributed by atoms with E-state index < -0.39 is 0 Å². The van der Waals surface area contributed by atoms with Gasteiger partial charge < -0.3 is 11.1 Å².